The van der Waals surface area contributed by atoms with Gasteiger partial charge in [0.05, 0.1) is 16.3 Å². The van der Waals surface area contributed by atoms with Crippen LogP contribution < -0.4 is 15.5 Å². The third-order valence-corrected chi connectivity index (χ3v) is 5.54. The summed E-state index contributed by atoms with van der Waals surface area (Å²) in [5.41, 5.74) is 2.05. The van der Waals surface area contributed by atoms with Gasteiger partial charge in [-0.05, 0) is 45.1 Å². The molecule has 2 saturated heterocycles. The molecule has 0 radical (unpaired) electrons. The van der Waals surface area contributed by atoms with E-state index in [4.69, 9.17) is 11.6 Å². The van der Waals surface area contributed by atoms with Gasteiger partial charge in [-0.15, -0.1) is 0 Å². The lowest BCUT2D eigenvalue weighted by molar-refractivity contribution is -0.122. The van der Waals surface area contributed by atoms with Gasteiger partial charge in [0, 0.05) is 32.1 Å². The third-order valence-electron chi connectivity index (χ3n) is 4.98. The SMILES string of the molecule is Cc1nc(N2CCCCC2)c(C(=O)NC2CCNC(=O)C2)c(C)c1Cl. The maximum absolute atomic E-state index is 13.0. The van der Waals surface area contributed by atoms with Crippen LogP contribution in [0.15, 0.2) is 0 Å². The van der Waals surface area contributed by atoms with Crippen molar-refractivity contribution in [2.45, 2.75) is 52.0 Å². The number of nitrogens with one attached hydrogen (secondary N) is 2. The van der Waals surface area contributed by atoms with Gasteiger partial charge in [-0.1, -0.05) is 11.6 Å². The van der Waals surface area contributed by atoms with E-state index in [0.29, 0.717) is 23.6 Å². The Morgan fingerprint density at radius 3 is 2.68 bits per heavy atom. The van der Waals surface area contributed by atoms with Crippen molar-refractivity contribution in [3.05, 3.63) is 21.8 Å². The number of aromatic nitrogens is 1. The fourth-order valence-electron chi connectivity index (χ4n) is 3.58. The molecule has 0 aliphatic carbocycles. The highest BCUT2D eigenvalue weighted by molar-refractivity contribution is 6.32. The quantitative estimate of drug-likeness (QED) is 0.863. The number of hydrogen-bond donors (Lipinski definition) is 2. The van der Waals surface area contributed by atoms with Gasteiger partial charge in [-0.25, -0.2) is 4.98 Å². The summed E-state index contributed by atoms with van der Waals surface area (Å²) in [5.74, 6) is 0.508. The van der Waals surface area contributed by atoms with Crippen molar-refractivity contribution in [2.24, 2.45) is 0 Å². The molecule has 3 heterocycles. The molecule has 1 unspecified atom stereocenters. The average Bonchev–Trinajstić information content (AvgIpc) is 2.60. The van der Waals surface area contributed by atoms with E-state index in [2.05, 4.69) is 20.5 Å². The van der Waals surface area contributed by atoms with Crippen molar-refractivity contribution in [1.29, 1.82) is 0 Å². The maximum Gasteiger partial charge on any atom is 0.255 e. The largest absolute Gasteiger partial charge is 0.356 e. The van der Waals surface area contributed by atoms with Crippen molar-refractivity contribution in [3.63, 3.8) is 0 Å². The van der Waals surface area contributed by atoms with Crippen LogP contribution in [0, 0.1) is 13.8 Å². The molecule has 1 atom stereocenters. The second-order valence-electron chi connectivity index (χ2n) is 6.90. The van der Waals surface area contributed by atoms with E-state index in [-0.39, 0.29) is 17.9 Å². The monoisotopic (exact) mass is 364 g/mol. The lowest BCUT2D eigenvalue weighted by atomic mass is 10.0. The predicted molar refractivity (Wildman–Crippen MR) is 98.3 cm³/mol. The van der Waals surface area contributed by atoms with Gasteiger partial charge in [0.25, 0.3) is 5.91 Å². The average molecular weight is 365 g/mol. The third kappa shape index (κ3) is 3.89. The standard InChI is InChI=1S/C18H25ClN4O2/c1-11-15(18(25)22-13-6-7-20-14(24)10-13)17(21-12(2)16(11)19)23-8-4-3-5-9-23/h13H,3-10H2,1-2H3,(H,20,24)(H,22,25). The smallest absolute Gasteiger partial charge is 0.255 e. The summed E-state index contributed by atoms with van der Waals surface area (Å²) in [4.78, 5) is 31.4. The van der Waals surface area contributed by atoms with Crippen molar-refractivity contribution in [2.75, 3.05) is 24.5 Å². The van der Waals surface area contributed by atoms with Gasteiger partial charge in [-0.2, -0.15) is 0 Å². The van der Waals surface area contributed by atoms with Gasteiger partial charge in [0.2, 0.25) is 5.91 Å². The summed E-state index contributed by atoms with van der Waals surface area (Å²) in [6.45, 7) is 6.14. The number of pyridine rings is 1. The minimum Gasteiger partial charge on any atom is -0.356 e. The zero-order valence-corrected chi connectivity index (χ0v) is 15.6. The number of piperidine rings is 2. The second kappa shape index (κ2) is 7.60. The number of hydrogen-bond acceptors (Lipinski definition) is 4. The molecule has 2 aliphatic heterocycles. The molecule has 1 aromatic heterocycles. The van der Waals surface area contributed by atoms with Crippen LogP contribution in [0.3, 0.4) is 0 Å². The summed E-state index contributed by atoms with van der Waals surface area (Å²) in [6, 6.07) is -0.144. The Bertz CT molecular complexity index is 686. The Morgan fingerprint density at radius 2 is 2.00 bits per heavy atom. The van der Waals surface area contributed by atoms with Crippen LogP contribution in [0.1, 0.15) is 53.7 Å². The lowest BCUT2D eigenvalue weighted by Gasteiger charge is -2.31. The molecule has 2 fully saturated rings. The number of carbonyl (C=O) groups is 2. The number of amides is 2. The first-order chi connectivity index (χ1) is 12.0. The van der Waals surface area contributed by atoms with E-state index in [1.165, 1.54) is 6.42 Å². The molecule has 0 spiro atoms. The zero-order chi connectivity index (χ0) is 18.0. The molecule has 25 heavy (non-hydrogen) atoms. The number of halogens is 1. The van der Waals surface area contributed by atoms with Crippen molar-refractivity contribution >= 4 is 29.2 Å². The van der Waals surface area contributed by atoms with Crippen LogP contribution in [-0.2, 0) is 4.79 Å². The first-order valence-electron chi connectivity index (χ1n) is 8.96. The molecule has 0 aromatic carbocycles. The number of carbonyl (C=O) groups excluding carboxylic acids is 2. The number of aryl methyl sites for hydroxylation is 1. The molecule has 2 N–H and O–H groups in total. The number of rotatable bonds is 3. The normalized spacial score (nSPS) is 21.0. The Morgan fingerprint density at radius 1 is 1.28 bits per heavy atom. The summed E-state index contributed by atoms with van der Waals surface area (Å²) in [7, 11) is 0. The first kappa shape index (κ1) is 18.0. The molecule has 2 aliphatic rings. The fourth-order valence-corrected chi connectivity index (χ4v) is 3.72. The summed E-state index contributed by atoms with van der Waals surface area (Å²) in [6.07, 6.45) is 4.47. The van der Waals surface area contributed by atoms with Crippen molar-refractivity contribution in [3.8, 4) is 0 Å². The van der Waals surface area contributed by atoms with E-state index in [9.17, 15) is 9.59 Å². The van der Waals surface area contributed by atoms with E-state index < -0.39 is 0 Å². The van der Waals surface area contributed by atoms with Gasteiger partial charge in [0.15, 0.2) is 0 Å². The highest BCUT2D eigenvalue weighted by Crippen LogP contribution is 2.31. The van der Waals surface area contributed by atoms with Crippen molar-refractivity contribution < 1.29 is 9.59 Å². The topological polar surface area (TPSA) is 74.3 Å². The summed E-state index contributed by atoms with van der Waals surface area (Å²) in [5, 5.41) is 6.33. The van der Waals surface area contributed by atoms with E-state index in [1.54, 1.807) is 0 Å². The minimum absolute atomic E-state index is 0.0235. The maximum atomic E-state index is 13.0. The van der Waals surface area contributed by atoms with Crippen molar-refractivity contribution in [1.82, 2.24) is 15.6 Å². The second-order valence-corrected chi connectivity index (χ2v) is 7.27. The number of anilines is 1. The molecule has 6 nitrogen and oxygen atoms in total. The summed E-state index contributed by atoms with van der Waals surface area (Å²) >= 11 is 6.38. The lowest BCUT2D eigenvalue weighted by Crippen LogP contribution is -2.46. The Balaban J connectivity index is 1.91. The van der Waals surface area contributed by atoms with Crippen LogP contribution >= 0.6 is 11.6 Å². The van der Waals surface area contributed by atoms with E-state index >= 15 is 0 Å². The Kier molecular flexibility index (Phi) is 5.47. The molecular weight excluding hydrogens is 340 g/mol. The van der Waals surface area contributed by atoms with Crippen LogP contribution in [0.5, 0.6) is 0 Å². The number of nitrogens with zero attached hydrogens (tertiary/aromatic N) is 2. The van der Waals surface area contributed by atoms with Crippen LogP contribution in [0.4, 0.5) is 5.82 Å². The molecule has 2 amide bonds. The highest BCUT2D eigenvalue weighted by atomic mass is 35.5. The summed E-state index contributed by atoms with van der Waals surface area (Å²) < 4.78 is 0. The molecule has 136 valence electrons. The van der Waals surface area contributed by atoms with Gasteiger partial charge < -0.3 is 15.5 Å². The molecule has 0 bridgehead atoms. The van der Waals surface area contributed by atoms with Gasteiger partial charge in [0.1, 0.15) is 5.82 Å². The Labute approximate surface area is 153 Å². The molecular formula is C18H25ClN4O2. The van der Waals surface area contributed by atoms with Crippen LogP contribution in [0.25, 0.3) is 0 Å². The minimum atomic E-state index is -0.188. The highest BCUT2D eigenvalue weighted by Gasteiger charge is 2.27. The molecule has 7 heteroatoms. The first-order valence-corrected chi connectivity index (χ1v) is 9.34. The predicted octanol–water partition coefficient (Wildman–Crippen LogP) is 2.35. The fraction of sp³-hybridized carbons (Fsp3) is 0.611. The van der Waals surface area contributed by atoms with E-state index in [0.717, 1.165) is 49.4 Å². The molecule has 3 rings (SSSR count). The van der Waals surface area contributed by atoms with Crippen LogP contribution in [0.2, 0.25) is 5.02 Å². The molecule has 1 aromatic rings. The van der Waals surface area contributed by atoms with Crippen LogP contribution in [-0.4, -0.2) is 42.5 Å². The van der Waals surface area contributed by atoms with Gasteiger partial charge in [-0.3, -0.25) is 9.59 Å². The Hall–Kier alpha value is -1.82. The molecule has 0 saturated carbocycles. The van der Waals surface area contributed by atoms with Gasteiger partial charge >= 0.3 is 0 Å². The zero-order valence-electron chi connectivity index (χ0n) is 14.8. The van der Waals surface area contributed by atoms with E-state index in [1.807, 2.05) is 13.8 Å².